The molecule has 2 N–H and O–H groups in total. The smallest absolute Gasteiger partial charge is 0.191 e. The number of benzene rings is 1. The van der Waals surface area contributed by atoms with Gasteiger partial charge < -0.3 is 20.0 Å². The van der Waals surface area contributed by atoms with E-state index in [1.54, 1.807) is 6.26 Å². The number of nitrogens with one attached hydrogen (secondary N) is 2. The highest BCUT2D eigenvalue weighted by Gasteiger charge is 2.00. The van der Waals surface area contributed by atoms with Crippen molar-refractivity contribution in [2.24, 2.45) is 4.99 Å². The molecule has 0 spiro atoms. The van der Waals surface area contributed by atoms with Crippen LogP contribution in [-0.2, 0) is 13.1 Å². The zero-order valence-corrected chi connectivity index (χ0v) is 13.5. The van der Waals surface area contributed by atoms with Crippen LogP contribution in [0.1, 0.15) is 18.2 Å². The highest BCUT2D eigenvalue weighted by Crippen LogP contribution is 2.12. The Kier molecular flexibility index (Phi) is 5.89. The third-order valence-corrected chi connectivity index (χ3v) is 3.23. The standard InChI is InChI=1S/C17H24N4O/c1-4-18-17(20-13-16-6-5-11-22-16)19-12-14-7-9-15(10-8-14)21(2)3/h5-11H,4,12-13H2,1-3H3,(H2,18,19,20). The van der Waals surface area contributed by atoms with Gasteiger partial charge in [-0.3, -0.25) is 0 Å². The molecule has 2 rings (SSSR count). The van der Waals surface area contributed by atoms with Gasteiger partial charge in [-0.05, 0) is 36.8 Å². The van der Waals surface area contributed by atoms with E-state index in [0.717, 1.165) is 18.3 Å². The second-order valence-corrected chi connectivity index (χ2v) is 5.19. The van der Waals surface area contributed by atoms with E-state index < -0.39 is 0 Å². The van der Waals surface area contributed by atoms with Gasteiger partial charge in [0.15, 0.2) is 5.96 Å². The van der Waals surface area contributed by atoms with Crippen LogP contribution in [0, 0.1) is 0 Å². The van der Waals surface area contributed by atoms with Gasteiger partial charge in [-0.25, -0.2) is 4.99 Å². The second kappa shape index (κ2) is 8.12. The number of anilines is 1. The normalized spacial score (nSPS) is 11.3. The maximum atomic E-state index is 5.31. The van der Waals surface area contributed by atoms with Crippen molar-refractivity contribution in [3.05, 3.63) is 54.0 Å². The van der Waals surface area contributed by atoms with Crippen LogP contribution in [0.15, 0.2) is 52.1 Å². The fourth-order valence-corrected chi connectivity index (χ4v) is 2.00. The Bertz CT molecular complexity index is 573. The lowest BCUT2D eigenvalue weighted by atomic mass is 10.2. The van der Waals surface area contributed by atoms with E-state index in [-0.39, 0.29) is 0 Å². The number of aliphatic imine (C=N–C) groups is 1. The SMILES string of the molecule is CCNC(=NCc1ccc(N(C)C)cc1)NCc1ccco1. The lowest BCUT2D eigenvalue weighted by molar-refractivity contribution is 0.501. The zero-order chi connectivity index (χ0) is 15.8. The molecule has 0 amide bonds. The van der Waals surface area contributed by atoms with Gasteiger partial charge in [0, 0.05) is 26.3 Å². The Balaban J connectivity index is 1.93. The van der Waals surface area contributed by atoms with Gasteiger partial charge in [0.2, 0.25) is 0 Å². The van der Waals surface area contributed by atoms with Crippen molar-refractivity contribution in [1.82, 2.24) is 10.6 Å². The molecule has 0 radical (unpaired) electrons. The first kappa shape index (κ1) is 15.9. The van der Waals surface area contributed by atoms with Gasteiger partial charge in [0.25, 0.3) is 0 Å². The number of guanidine groups is 1. The molecule has 0 aliphatic rings. The zero-order valence-electron chi connectivity index (χ0n) is 13.5. The lowest BCUT2D eigenvalue weighted by Crippen LogP contribution is -2.36. The maximum absolute atomic E-state index is 5.31. The summed E-state index contributed by atoms with van der Waals surface area (Å²) in [5, 5.41) is 6.49. The predicted octanol–water partition coefficient (Wildman–Crippen LogP) is 2.60. The molecular formula is C17H24N4O. The third-order valence-electron chi connectivity index (χ3n) is 3.23. The number of furan rings is 1. The topological polar surface area (TPSA) is 52.8 Å². The molecular weight excluding hydrogens is 276 g/mol. The van der Waals surface area contributed by atoms with Gasteiger partial charge in [0.1, 0.15) is 5.76 Å². The van der Waals surface area contributed by atoms with Crippen LogP contribution >= 0.6 is 0 Å². The first-order chi connectivity index (χ1) is 10.7. The summed E-state index contributed by atoms with van der Waals surface area (Å²) in [6.07, 6.45) is 1.67. The molecule has 1 aromatic carbocycles. The number of hydrogen-bond donors (Lipinski definition) is 2. The molecule has 22 heavy (non-hydrogen) atoms. The minimum Gasteiger partial charge on any atom is -0.467 e. The first-order valence-electron chi connectivity index (χ1n) is 7.50. The quantitative estimate of drug-likeness (QED) is 0.636. The minimum atomic E-state index is 0.623. The summed E-state index contributed by atoms with van der Waals surface area (Å²) >= 11 is 0. The Labute approximate surface area is 132 Å². The van der Waals surface area contributed by atoms with E-state index in [1.165, 1.54) is 11.3 Å². The Morgan fingerprint density at radius 1 is 1.14 bits per heavy atom. The summed E-state index contributed by atoms with van der Waals surface area (Å²) in [6.45, 7) is 4.14. The molecule has 0 fully saturated rings. The molecule has 1 aromatic heterocycles. The molecule has 0 unspecified atom stereocenters. The van der Waals surface area contributed by atoms with E-state index in [1.807, 2.05) is 26.2 Å². The van der Waals surface area contributed by atoms with E-state index in [4.69, 9.17) is 4.42 Å². The molecule has 5 heteroatoms. The first-order valence-corrected chi connectivity index (χ1v) is 7.50. The molecule has 0 aliphatic carbocycles. The van der Waals surface area contributed by atoms with Crippen molar-refractivity contribution in [3.63, 3.8) is 0 Å². The summed E-state index contributed by atoms with van der Waals surface area (Å²) in [7, 11) is 4.07. The van der Waals surface area contributed by atoms with Crippen LogP contribution in [0.25, 0.3) is 0 Å². The summed E-state index contributed by atoms with van der Waals surface area (Å²) in [5.74, 6) is 1.68. The van der Waals surface area contributed by atoms with E-state index >= 15 is 0 Å². The van der Waals surface area contributed by atoms with E-state index in [9.17, 15) is 0 Å². The average Bonchev–Trinajstić information content (AvgIpc) is 3.04. The van der Waals surface area contributed by atoms with Gasteiger partial charge in [0.05, 0.1) is 19.4 Å². The molecule has 5 nitrogen and oxygen atoms in total. The molecule has 1 heterocycles. The highest BCUT2D eigenvalue weighted by atomic mass is 16.3. The van der Waals surface area contributed by atoms with Crippen molar-refractivity contribution in [3.8, 4) is 0 Å². The second-order valence-electron chi connectivity index (χ2n) is 5.19. The molecule has 0 atom stereocenters. The summed E-state index contributed by atoms with van der Waals surface area (Å²) < 4.78 is 5.31. The van der Waals surface area contributed by atoms with Crippen LogP contribution in [0.2, 0.25) is 0 Å². The summed E-state index contributed by atoms with van der Waals surface area (Å²) in [6, 6.07) is 12.2. The molecule has 0 aliphatic heterocycles. The van der Waals surface area contributed by atoms with Crippen LogP contribution in [0.4, 0.5) is 5.69 Å². The third kappa shape index (κ3) is 4.84. The fourth-order valence-electron chi connectivity index (χ4n) is 2.00. The molecule has 0 saturated heterocycles. The summed E-state index contributed by atoms with van der Waals surface area (Å²) in [5.41, 5.74) is 2.37. The Hall–Kier alpha value is -2.43. The lowest BCUT2D eigenvalue weighted by Gasteiger charge is -2.13. The maximum Gasteiger partial charge on any atom is 0.191 e. The molecule has 118 valence electrons. The minimum absolute atomic E-state index is 0.623. The highest BCUT2D eigenvalue weighted by molar-refractivity contribution is 5.79. The van der Waals surface area contributed by atoms with Gasteiger partial charge in [-0.2, -0.15) is 0 Å². The van der Waals surface area contributed by atoms with Crippen LogP contribution < -0.4 is 15.5 Å². The molecule has 2 aromatic rings. The van der Waals surface area contributed by atoms with E-state index in [0.29, 0.717) is 13.1 Å². The van der Waals surface area contributed by atoms with Gasteiger partial charge in [-0.15, -0.1) is 0 Å². The monoisotopic (exact) mass is 300 g/mol. The van der Waals surface area contributed by atoms with Gasteiger partial charge >= 0.3 is 0 Å². The Morgan fingerprint density at radius 2 is 1.91 bits per heavy atom. The molecule has 0 saturated carbocycles. The predicted molar refractivity (Wildman–Crippen MR) is 91.1 cm³/mol. The van der Waals surface area contributed by atoms with Crippen LogP contribution in [-0.4, -0.2) is 26.6 Å². The Morgan fingerprint density at radius 3 is 2.50 bits per heavy atom. The van der Waals surface area contributed by atoms with E-state index in [2.05, 4.69) is 51.7 Å². The van der Waals surface area contributed by atoms with Crippen molar-refractivity contribution in [1.29, 1.82) is 0 Å². The van der Waals surface area contributed by atoms with Gasteiger partial charge in [-0.1, -0.05) is 12.1 Å². The van der Waals surface area contributed by atoms with Crippen molar-refractivity contribution >= 4 is 11.6 Å². The fraction of sp³-hybridized carbons (Fsp3) is 0.353. The number of nitrogens with zero attached hydrogens (tertiary/aromatic N) is 2. The largest absolute Gasteiger partial charge is 0.467 e. The van der Waals surface area contributed by atoms with Crippen molar-refractivity contribution in [2.45, 2.75) is 20.0 Å². The van der Waals surface area contributed by atoms with Crippen molar-refractivity contribution < 1.29 is 4.42 Å². The molecule has 0 bridgehead atoms. The van der Waals surface area contributed by atoms with Crippen molar-refractivity contribution in [2.75, 3.05) is 25.5 Å². The van der Waals surface area contributed by atoms with Crippen LogP contribution in [0.3, 0.4) is 0 Å². The number of rotatable bonds is 6. The summed E-state index contributed by atoms with van der Waals surface area (Å²) in [4.78, 5) is 6.68. The average molecular weight is 300 g/mol. The van der Waals surface area contributed by atoms with Crippen LogP contribution in [0.5, 0.6) is 0 Å². The number of hydrogen-bond acceptors (Lipinski definition) is 3.